The Morgan fingerprint density at radius 3 is 1.60 bits per heavy atom. The Kier molecular flexibility index (Phi) is 5.27. The molecule has 1 nitrogen and oxygen atoms in total. The van der Waals surface area contributed by atoms with Crippen LogP contribution in [0.4, 0.5) is 0 Å². The lowest BCUT2D eigenvalue weighted by molar-refractivity contribution is -0.583. The van der Waals surface area contributed by atoms with Gasteiger partial charge in [-0.25, -0.2) is 0 Å². The van der Waals surface area contributed by atoms with E-state index < -0.39 is 0 Å². The fraction of sp³-hybridized carbons (Fsp3) is 0. The van der Waals surface area contributed by atoms with Crippen molar-refractivity contribution in [2.45, 2.75) is 0 Å². The molecule has 0 saturated heterocycles. The Morgan fingerprint density at radius 1 is 0.480 bits per heavy atom. The summed E-state index contributed by atoms with van der Waals surface area (Å²) < 4.78 is 2.26. The third-order valence-corrected chi connectivity index (χ3v) is 4.16. The van der Waals surface area contributed by atoms with E-state index in [2.05, 4.69) is 108 Å². The minimum atomic E-state index is 0. The van der Waals surface area contributed by atoms with Gasteiger partial charge in [-0.1, -0.05) is 66.7 Å². The topological polar surface area (TPSA) is 3.88 Å². The molecule has 3 aromatic carbocycles. The van der Waals surface area contributed by atoms with Gasteiger partial charge in [-0.2, -0.15) is 4.57 Å². The van der Waals surface area contributed by atoms with Gasteiger partial charge < -0.3 is 12.4 Å². The number of halogens is 1. The summed E-state index contributed by atoms with van der Waals surface area (Å²) in [5.41, 5.74) is 6.03. The molecule has 25 heavy (non-hydrogen) atoms. The van der Waals surface area contributed by atoms with Gasteiger partial charge in [-0.3, -0.25) is 0 Å². The first kappa shape index (κ1) is 16.9. The van der Waals surface area contributed by atoms with E-state index in [0.717, 1.165) is 5.69 Å². The highest BCUT2D eigenvalue weighted by molar-refractivity contribution is 5.78. The fourth-order valence-electron chi connectivity index (χ4n) is 3.05. The van der Waals surface area contributed by atoms with E-state index in [1.54, 1.807) is 0 Å². The van der Waals surface area contributed by atoms with Crippen LogP contribution in [0.3, 0.4) is 0 Å². The van der Waals surface area contributed by atoms with E-state index in [-0.39, 0.29) is 12.4 Å². The summed E-state index contributed by atoms with van der Waals surface area (Å²) in [6, 6.07) is 35.9. The molecule has 4 aromatic rings. The molecular weight excluding hydrogens is 326 g/mol. The molecule has 1 aromatic heterocycles. The third-order valence-electron chi connectivity index (χ3n) is 4.16. The molecule has 0 radical (unpaired) electrons. The lowest BCUT2D eigenvalue weighted by Gasteiger charge is -2.09. The molecule has 0 amide bonds. The fourth-order valence-corrected chi connectivity index (χ4v) is 3.05. The number of pyridine rings is 1. The van der Waals surface area contributed by atoms with E-state index in [1.165, 1.54) is 22.4 Å². The van der Waals surface area contributed by atoms with Crippen molar-refractivity contribution < 1.29 is 17.0 Å². The highest BCUT2D eigenvalue weighted by Gasteiger charge is 2.20. The molecule has 4 rings (SSSR count). The van der Waals surface area contributed by atoms with Crippen molar-refractivity contribution in [3.8, 4) is 28.1 Å². The SMILES string of the molecule is [Cl-].c1ccc(-c2ccc[n+](-c3ccccc3)c2-c2ccccc2)cc1. The lowest BCUT2D eigenvalue weighted by Crippen LogP contribution is -3.00. The van der Waals surface area contributed by atoms with Gasteiger partial charge in [-0.05, 0) is 23.8 Å². The molecule has 0 atom stereocenters. The molecule has 122 valence electrons. The highest BCUT2D eigenvalue weighted by atomic mass is 35.5. The largest absolute Gasteiger partial charge is 1.00 e. The lowest BCUT2D eigenvalue weighted by atomic mass is 9.98. The third kappa shape index (κ3) is 3.47. The van der Waals surface area contributed by atoms with Crippen molar-refractivity contribution in [2.75, 3.05) is 0 Å². The van der Waals surface area contributed by atoms with Crippen molar-refractivity contribution in [3.05, 3.63) is 109 Å². The Hall–Kier alpha value is -2.90. The summed E-state index contributed by atoms with van der Waals surface area (Å²) >= 11 is 0. The van der Waals surface area contributed by atoms with Crippen LogP contribution in [0.2, 0.25) is 0 Å². The van der Waals surface area contributed by atoms with Crippen LogP contribution in [0.1, 0.15) is 0 Å². The highest BCUT2D eigenvalue weighted by Crippen LogP contribution is 2.29. The minimum Gasteiger partial charge on any atom is -1.00 e. The maximum Gasteiger partial charge on any atom is 0.226 e. The predicted molar refractivity (Wildman–Crippen MR) is 98.8 cm³/mol. The number of benzene rings is 3. The second-order valence-corrected chi connectivity index (χ2v) is 5.71. The van der Waals surface area contributed by atoms with Crippen LogP contribution in [0.25, 0.3) is 28.1 Å². The smallest absolute Gasteiger partial charge is 0.226 e. The molecule has 0 bridgehead atoms. The van der Waals surface area contributed by atoms with Gasteiger partial charge in [-0.15, -0.1) is 0 Å². The molecule has 0 aliphatic carbocycles. The number of nitrogens with zero attached hydrogens (tertiary/aromatic N) is 1. The standard InChI is InChI=1S/C23H18N.ClH/c1-4-11-19(12-5-1)22-17-10-18-24(21-15-8-3-9-16-21)23(22)20-13-6-2-7-14-20;/h1-18H;1H/q+1;/p-1. The van der Waals surface area contributed by atoms with E-state index in [4.69, 9.17) is 0 Å². The van der Waals surface area contributed by atoms with Gasteiger partial charge >= 0.3 is 0 Å². The van der Waals surface area contributed by atoms with E-state index in [0.29, 0.717) is 0 Å². The van der Waals surface area contributed by atoms with Crippen LogP contribution in [-0.2, 0) is 0 Å². The van der Waals surface area contributed by atoms with Gasteiger partial charge in [0.25, 0.3) is 0 Å². The number of hydrogen-bond acceptors (Lipinski definition) is 0. The Balaban J connectivity index is 0.00000182. The van der Waals surface area contributed by atoms with Crippen molar-refractivity contribution in [1.29, 1.82) is 0 Å². The summed E-state index contributed by atoms with van der Waals surface area (Å²) in [5, 5.41) is 0. The summed E-state index contributed by atoms with van der Waals surface area (Å²) in [6.45, 7) is 0. The molecule has 0 aliphatic rings. The molecular formula is C23H18ClN. The first-order valence-electron chi connectivity index (χ1n) is 8.14. The van der Waals surface area contributed by atoms with Crippen molar-refractivity contribution in [1.82, 2.24) is 0 Å². The molecule has 0 aliphatic heterocycles. The average Bonchev–Trinajstić information content (AvgIpc) is 2.69. The molecule has 0 spiro atoms. The van der Waals surface area contributed by atoms with E-state index in [1.807, 2.05) is 6.07 Å². The van der Waals surface area contributed by atoms with Crippen LogP contribution < -0.4 is 17.0 Å². The van der Waals surface area contributed by atoms with Crippen LogP contribution in [0.5, 0.6) is 0 Å². The maximum atomic E-state index is 2.26. The first-order valence-corrected chi connectivity index (χ1v) is 8.14. The zero-order valence-corrected chi connectivity index (χ0v) is 14.5. The van der Waals surface area contributed by atoms with Gasteiger partial charge in [0.2, 0.25) is 11.4 Å². The Labute approximate surface area is 154 Å². The van der Waals surface area contributed by atoms with Gasteiger partial charge in [0.05, 0.1) is 5.56 Å². The minimum absolute atomic E-state index is 0. The summed E-state index contributed by atoms with van der Waals surface area (Å²) in [4.78, 5) is 0. The second kappa shape index (κ2) is 7.78. The maximum absolute atomic E-state index is 2.26. The molecule has 1 heterocycles. The Morgan fingerprint density at radius 2 is 1.00 bits per heavy atom. The predicted octanol–water partition coefficient (Wildman–Crippen LogP) is 2.30. The zero-order chi connectivity index (χ0) is 16.2. The number of para-hydroxylation sites is 1. The van der Waals surface area contributed by atoms with E-state index >= 15 is 0 Å². The van der Waals surface area contributed by atoms with Gasteiger partial charge in [0, 0.05) is 23.8 Å². The zero-order valence-electron chi connectivity index (χ0n) is 13.7. The summed E-state index contributed by atoms with van der Waals surface area (Å²) in [5.74, 6) is 0. The molecule has 0 saturated carbocycles. The molecule has 0 N–H and O–H groups in total. The van der Waals surface area contributed by atoms with Crippen LogP contribution in [-0.4, -0.2) is 0 Å². The quantitative estimate of drug-likeness (QED) is 0.503. The van der Waals surface area contributed by atoms with Crippen LogP contribution in [0, 0.1) is 0 Å². The van der Waals surface area contributed by atoms with Crippen LogP contribution >= 0.6 is 0 Å². The van der Waals surface area contributed by atoms with Gasteiger partial charge in [0.15, 0.2) is 6.20 Å². The van der Waals surface area contributed by atoms with Crippen molar-refractivity contribution >= 4 is 0 Å². The first-order chi connectivity index (χ1) is 11.9. The summed E-state index contributed by atoms with van der Waals surface area (Å²) in [7, 11) is 0. The second-order valence-electron chi connectivity index (χ2n) is 5.71. The molecule has 2 heteroatoms. The summed E-state index contributed by atoms with van der Waals surface area (Å²) in [6.07, 6.45) is 2.13. The van der Waals surface area contributed by atoms with Crippen molar-refractivity contribution in [2.24, 2.45) is 0 Å². The van der Waals surface area contributed by atoms with Crippen LogP contribution in [0.15, 0.2) is 109 Å². The van der Waals surface area contributed by atoms with Crippen molar-refractivity contribution in [3.63, 3.8) is 0 Å². The Bertz CT molecular complexity index is 878. The molecule has 0 unspecified atom stereocenters. The van der Waals surface area contributed by atoms with Gasteiger partial charge in [0.1, 0.15) is 0 Å². The average molecular weight is 344 g/mol. The normalized spacial score (nSPS) is 10.1. The number of hydrogen-bond donors (Lipinski definition) is 0. The number of aromatic nitrogens is 1. The number of rotatable bonds is 3. The van der Waals surface area contributed by atoms with E-state index in [9.17, 15) is 0 Å². The monoisotopic (exact) mass is 343 g/mol. The molecule has 0 fully saturated rings.